The number of aromatic nitrogens is 3. The second-order valence-corrected chi connectivity index (χ2v) is 9.05. The number of alkyl halides is 1. The van der Waals surface area contributed by atoms with E-state index < -0.39 is 12.3 Å². The second kappa shape index (κ2) is 10.2. The fourth-order valence-corrected chi connectivity index (χ4v) is 4.16. The molecule has 4 rings (SSSR count). The van der Waals surface area contributed by atoms with Gasteiger partial charge in [0.1, 0.15) is 36.2 Å². The minimum atomic E-state index is -0.789. The van der Waals surface area contributed by atoms with Gasteiger partial charge < -0.3 is 25.0 Å². The molecular formula is C24H29ClFN5O3. The lowest BCUT2D eigenvalue weighted by Crippen LogP contribution is -2.37. The normalized spacial score (nSPS) is 18.4. The minimum Gasteiger partial charge on any atom is -0.491 e. The summed E-state index contributed by atoms with van der Waals surface area (Å²) in [4.78, 5) is 9.59. The van der Waals surface area contributed by atoms with Crippen LogP contribution in [0.5, 0.6) is 5.75 Å². The predicted octanol–water partition coefficient (Wildman–Crippen LogP) is 4.25. The van der Waals surface area contributed by atoms with E-state index in [2.05, 4.69) is 15.8 Å². The molecule has 1 saturated carbocycles. The Kier molecular flexibility index (Phi) is 7.35. The van der Waals surface area contributed by atoms with E-state index in [1.165, 1.54) is 0 Å². The molecule has 3 aromatic rings. The molecule has 10 heteroatoms. The van der Waals surface area contributed by atoms with Gasteiger partial charge in [0.25, 0.3) is 0 Å². The van der Waals surface area contributed by atoms with Crippen LogP contribution < -0.4 is 15.4 Å². The number of nitrogens with zero attached hydrogens (tertiary/aromatic N) is 3. The molecule has 0 radical (unpaired) electrons. The largest absolute Gasteiger partial charge is 0.491 e. The Labute approximate surface area is 202 Å². The smallest absolute Gasteiger partial charge is 0.163 e. The number of anilines is 1. The molecule has 0 amide bonds. The van der Waals surface area contributed by atoms with Crippen LogP contribution in [0.1, 0.15) is 29.9 Å². The van der Waals surface area contributed by atoms with E-state index in [0.717, 1.165) is 11.1 Å². The molecule has 1 fully saturated rings. The molecule has 34 heavy (non-hydrogen) atoms. The molecule has 3 N–H and O–H groups in total. The summed E-state index contributed by atoms with van der Waals surface area (Å²) in [6.45, 7) is 6.15. The van der Waals surface area contributed by atoms with E-state index in [4.69, 9.17) is 30.8 Å². The van der Waals surface area contributed by atoms with Crippen molar-refractivity contribution in [3.05, 3.63) is 40.2 Å². The number of hydrogen-bond acceptors (Lipinski definition) is 8. The maximum atomic E-state index is 13.5. The highest BCUT2D eigenvalue weighted by molar-refractivity contribution is 6.33. The van der Waals surface area contributed by atoms with Crippen LogP contribution in [-0.4, -0.2) is 58.7 Å². The molecule has 0 saturated heterocycles. The van der Waals surface area contributed by atoms with Crippen molar-refractivity contribution in [2.75, 3.05) is 25.5 Å². The number of hydrogen-bond donors (Lipinski definition) is 3. The van der Waals surface area contributed by atoms with Gasteiger partial charge in [0, 0.05) is 23.7 Å². The molecule has 1 aliphatic rings. The van der Waals surface area contributed by atoms with Gasteiger partial charge in [-0.25, -0.2) is 14.4 Å². The highest BCUT2D eigenvalue weighted by Crippen LogP contribution is 2.37. The Balaban J connectivity index is 1.75. The van der Waals surface area contributed by atoms with Crippen LogP contribution in [0.3, 0.4) is 0 Å². The van der Waals surface area contributed by atoms with Crippen molar-refractivity contribution < 1.29 is 18.8 Å². The third-order valence-electron chi connectivity index (χ3n) is 5.90. The summed E-state index contributed by atoms with van der Waals surface area (Å²) in [7, 11) is 1.76. The lowest BCUT2D eigenvalue weighted by atomic mass is 9.90. The van der Waals surface area contributed by atoms with Crippen molar-refractivity contribution in [1.82, 2.24) is 20.4 Å². The maximum Gasteiger partial charge on any atom is 0.163 e. The number of aryl methyl sites for hydroxylation is 2. The number of halogens is 2. The molecule has 182 valence electrons. The van der Waals surface area contributed by atoms with Gasteiger partial charge in [0.05, 0.1) is 22.0 Å². The van der Waals surface area contributed by atoms with Gasteiger partial charge in [-0.05, 0) is 58.9 Å². The van der Waals surface area contributed by atoms with Crippen molar-refractivity contribution in [3.63, 3.8) is 0 Å². The van der Waals surface area contributed by atoms with Crippen LogP contribution in [0.2, 0.25) is 5.02 Å². The van der Waals surface area contributed by atoms with E-state index in [1.807, 2.05) is 20.8 Å². The summed E-state index contributed by atoms with van der Waals surface area (Å²) in [5.74, 6) is 2.19. The van der Waals surface area contributed by atoms with Crippen molar-refractivity contribution >= 4 is 17.4 Å². The van der Waals surface area contributed by atoms with Crippen LogP contribution in [0.4, 0.5) is 10.2 Å². The van der Waals surface area contributed by atoms with Crippen LogP contribution in [-0.2, 0) is 0 Å². The number of nitrogens with one attached hydrogen (secondary N) is 2. The number of ether oxygens (including phenoxy) is 1. The van der Waals surface area contributed by atoms with Gasteiger partial charge in [0.15, 0.2) is 5.82 Å². The maximum absolute atomic E-state index is 13.5. The van der Waals surface area contributed by atoms with Crippen LogP contribution in [0.15, 0.2) is 22.7 Å². The lowest BCUT2D eigenvalue weighted by Gasteiger charge is -2.31. The van der Waals surface area contributed by atoms with Gasteiger partial charge in [-0.15, -0.1) is 0 Å². The Morgan fingerprint density at radius 2 is 2.03 bits per heavy atom. The topological polar surface area (TPSA) is 105 Å². The van der Waals surface area contributed by atoms with Crippen molar-refractivity contribution in [2.45, 2.75) is 51.9 Å². The third-order valence-corrected chi connectivity index (χ3v) is 6.23. The van der Waals surface area contributed by atoms with Crippen molar-refractivity contribution in [3.8, 4) is 28.4 Å². The highest BCUT2D eigenvalue weighted by Gasteiger charge is 2.30. The highest BCUT2D eigenvalue weighted by atomic mass is 35.5. The average molecular weight is 490 g/mol. The Morgan fingerprint density at radius 3 is 2.68 bits per heavy atom. The molecule has 1 aliphatic carbocycles. The molecule has 2 aromatic heterocycles. The van der Waals surface area contributed by atoms with Gasteiger partial charge in [-0.3, -0.25) is 0 Å². The first-order chi connectivity index (χ1) is 16.3. The fourth-order valence-electron chi connectivity index (χ4n) is 3.95. The zero-order valence-electron chi connectivity index (χ0n) is 19.7. The summed E-state index contributed by atoms with van der Waals surface area (Å²) >= 11 is 6.54. The van der Waals surface area contributed by atoms with E-state index >= 15 is 0 Å². The van der Waals surface area contributed by atoms with Crippen molar-refractivity contribution in [1.29, 1.82) is 0 Å². The zero-order valence-corrected chi connectivity index (χ0v) is 20.4. The number of aliphatic hydroxyl groups excluding tert-OH is 1. The average Bonchev–Trinajstić information content (AvgIpc) is 3.11. The summed E-state index contributed by atoms with van der Waals surface area (Å²) in [6.07, 6.45) is -0.553. The third kappa shape index (κ3) is 5.16. The number of aliphatic hydroxyl groups is 1. The number of likely N-dealkylation sites (N-methyl/N-ethyl adjacent to an activating group) is 1. The SMILES string of the molecule is CNC[C@@H](O)COc1ccc(Cl)c(-c2nc(NC3CC(F)C3)c(C)c(-c3c(C)noc3C)n2)c1. The summed E-state index contributed by atoms with van der Waals surface area (Å²) in [5.41, 5.74) is 3.58. The minimum absolute atomic E-state index is 0.00720. The molecule has 2 heterocycles. The quantitative estimate of drug-likeness (QED) is 0.409. The second-order valence-electron chi connectivity index (χ2n) is 8.64. The summed E-state index contributed by atoms with van der Waals surface area (Å²) in [5, 5.41) is 20.7. The van der Waals surface area contributed by atoms with E-state index in [-0.39, 0.29) is 12.6 Å². The first kappa shape index (κ1) is 24.4. The van der Waals surface area contributed by atoms with E-state index in [0.29, 0.717) is 64.5 Å². The monoisotopic (exact) mass is 489 g/mol. The summed E-state index contributed by atoms with van der Waals surface area (Å²) in [6, 6.07) is 5.20. The predicted molar refractivity (Wildman–Crippen MR) is 129 cm³/mol. The van der Waals surface area contributed by atoms with E-state index in [1.54, 1.807) is 25.2 Å². The van der Waals surface area contributed by atoms with E-state index in [9.17, 15) is 9.50 Å². The molecule has 1 atom stereocenters. The standard InChI is InChI=1S/C24H29ClFN5O3/c1-12-22(21-13(2)31-34-14(21)3)29-24(30-23(12)28-16-7-15(26)8-16)19-9-18(5-6-20(19)25)33-11-17(32)10-27-4/h5-6,9,15-17,27,32H,7-8,10-11H2,1-4H3,(H,28,29,30)/t15?,16?,17-/m1/s1. The molecule has 0 bridgehead atoms. The summed E-state index contributed by atoms with van der Waals surface area (Å²) < 4.78 is 24.6. The first-order valence-corrected chi connectivity index (χ1v) is 11.6. The molecular weight excluding hydrogens is 461 g/mol. The van der Waals surface area contributed by atoms with Gasteiger partial charge in [-0.1, -0.05) is 16.8 Å². The van der Waals surface area contributed by atoms with Gasteiger partial charge in [0.2, 0.25) is 0 Å². The zero-order chi connectivity index (χ0) is 24.4. The van der Waals surface area contributed by atoms with Gasteiger partial charge >= 0.3 is 0 Å². The van der Waals surface area contributed by atoms with Crippen LogP contribution >= 0.6 is 11.6 Å². The molecule has 0 spiro atoms. The Morgan fingerprint density at radius 1 is 1.26 bits per heavy atom. The number of rotatable bonds is 9. The van der Waals surface area contributed by atoms with Crippen LogP contribution in [0.25, 0.3) is 22.6 Å². The van der Waals surface area contributed by atoms with Crippen LogP contribution in [0, 0.1) is 20.8 Å². The molecule has 8 nitrogen and oxygen atoms in total. The fraction of sp³-hybridized carbons (Fsp3) is 0.458. The molecule has 1 aromatic carbocycles. The lowest BCUT2D eigenvalue weighted by molar-refractivity contribution is 0.108. The Hall–Kier alpha value is -2.75. The molecule has 0 unspecified atom stereocenters. The van der Waals surface area contributed by atoms with Crippen molar-refractivity contribution in [2.24, 2.45) is 0 Å². The molecule has 0 aliphatic heterocycles. The van der Waals surface area contributed by atoms with Gasteiger partial charge in [-0.2, -0.15) is 0 Å². The number of benzene rings is 1. The Bertz CT molecular complexity index is 1150. The first-order valence-electron chi connectivity index (χ1n) is 11.2.